The summed E-state index contributed by atoms with van der Waals surface area (Å²) in [5.41, 5.74) is 0. The van der Waals surface area contributed by atoms with Gasteiger partial charge in [0, 0.05) is 36.8 Å². The summed E-state index contributed by atoms with van der Waals surface area (Å²) < 4.78 is 0. The summed E-state index contributed by atoms with van der Waals surface area (Å²) in [5, 5.41) is 7.06. The van der Waals surface area contributed by atoms with Gasteiger partial charge in [-0.05, 0) is 11.8 Å². The fourth-order valence-electron chi connectivity index (χ4n) is 2.82. The van der Waals surface area contributed by atoms with E-state index < -0.39 is 0 Å². The largest absolute Gasteiger partial charge is 0.311 e. The smallest absolute Gasteiger partial charge is 0.107 e. The van der Waals surface area contributed by atoms with E-state index in [4.69, 9.17) is 0 Å². The van der Waals surface area contributed by atoms with Gasteiger partial charge in [-0.1, -0.05) is 34.1 Å². The molecule has 108 valence electrons. The Morgan fingerprint density at radius 2 is 2.26 bits per heavy atom. The molecule has 19 heavy (non-hydrogen) atoms. The van der Waals surface area contributed by atoms with Gasteiger partial charge < -0.3 is 5.32 Å². The predicted molar refractivity (Wildman–Crippen MR) is 82.4 cm³/mol. The van der Waals surface area contributed by atoms with E-state index in [1.165, 1.54) is 11.4 Å². The van der Waals surface area contributed by atoms with Crippen LogP contribution in [0.1, 0.15) is 39.1 Å². The first-order valence-corrected chi connectivity index (χ1v) is 8.35. The van der Waals surface area contributed by atoms with Gasteiger partial charge in [0.2, 0.25) is 0 Å². The molecule has 3 atom stereocenters. The summed E-state index contributed by atoms with van der Waals surface area (Å²) in [4.78, 5) is 7.10. The fraction of sp³-hybridized carbons (Fsp3) is 0.800. The Hall–Kier alpha value is -0.450. The van der Waals surface area contributed by atoms with Crippen LogP contribution >= 0.6 is 11.3 Å². The number of nitrogens with one attached hydrogen (secondary N) is 1. The maximum Gasteiger partial charge on any atom is 0.107 e. The third-order valence-corrected chi connectivity index (χ3v) is 5.18. The highest BCUT2D eigenvalue weighted by molar-refractivity contribution is 7.09. The number of rotatable bonds is 5. The number of hydrogen-bond acceptors (Lipinski definition) is 4. The summed E-state index contributed by atoms with van der Waals surface area (Å²) >= 11 is 1.77. The standard InChI is InChI=1S/C15H27N3S/c1-5-12(4)14-8-17-13(11(2)3)9-18(14)10-15-16-6-7-19-15/h6-7,11-14,17H,5,8-10H2,1-4H3. The van der Waals surface area contributed by atoms with Crippen molar-refractivity contribution in [2.75, 3.05) is 13.1 Å². The normalized spacial score (nSPS) is 26.8. The van der Waals surface area contributed by atoms with Crippen LogP contribution in [0.3, 0.4) is 0 Å². The lowest BCUT2D eigenvalue weighted by Gasteiger charge is -2.44. The Labute approximate surface area is 121 Å². The monoisotopic (exact) mass is 281 g/mol. The van der Waals surface area contributed by atoms with Crippen molar-refractivity contribution in [3.05, 3.63) is 16.6 Å². The number of nitrogens with zero attached hydrogens (tertiary/aromatic N) is 2. The quantitative estimate of drug-likeness (QED) is 0.899. The van der Waals surface area contributed by atoms with Crippen LogP contribution in [0, 0.1) is 11.8 Å². The SMILES string of the molecule is CCC(C)C1CNC(C(C)C)CN1Cc1nccs1. The molecule has 0 amide bonds. The highest BCUT2D eigenvalue weighted by Crippen LogP contribution is 2.23. The zero-order chi connectivity index (χ0) is 13.8. The number of thiazole rings is 1. The number of aromatic nitrogens is 1. The molecule has 0 aromatic carbocycles. The van der Waals surface area contributed by atoms with Gasteiger partial charge in [-0.15, -0.1) is 11.3 Å². The van der Waals surface area contributed by atoms with Gasteiger partial charge in [0.25, 0.3) is 0 Å². The average molecular weight is 281 g/mol. The van der Waals surface area contributed by atoms with Crippen LogP contribution in [0.5, 0.6) is 0 Å². The van der Waals surface area contributed by atoms with Gasteiger partial charge in [-0.2, -0.15) is 0 Å². The highest BCUT2D eigenvalue weighted by Gasteiger charge is 2.32. The molecule has 0 saturated carbocycles. The molecule has 3 unspecified atom stereocenters. The zero-order valence-corrected chi connectivity index (χ0v) is 13.4. The third kappa shape index (κ3) is 3.77. The Kier molecular flexibility index (Phi) is 5.37. The van der Waals surface area contributed by atoms with Gasteiger partial charge in [0.05, 0.1) is 6.54 Å². The van der Waals surface area contributed by atoms with Crippen molar-refractivity contribution in [2.24, 2.45) is 11.8 Å². The molecule has 2 heterocycles. The van der Waals surface area contributed by atoms with Crippen LogP contribution in [0.4, 0.5) is 0 Å². The maximum atomic E-state index is 4.46. The van der Waals surface area contributed by atoms with E-state index in [2.05, 4.69) is 48.3 Å². The zero-order valence-electron chi connectivity index (χ0n) is 12.6. The molecule has 0 aliphatic carbocycles. The van der Waals surface area contributed by atoms with Gasteiger partial charge >= 0.3 is 0 Å². The third-order valence-electron chi connectivity index (χ3n) is 4.42. The van der Waals surface area contributed by atoms with Crippen LogP contribution in [0.2, 0.25) is 0 Å². The number of piperazine rings is 1. The van der Waals surface area contributed by atoms with Crippen LogP contribution < -0.4 is 5.32 Å². The van der Waals surface area contributed by atoms with Gasteiger partial charge in [0.1, 0.15) is 5.01 Å². The molecule has 1 fully saturated rings. The van der Waals surface area contributed by atoms with Crippen LogP contribution in [-0.2, 0) is 6.54 Å². The lowest BCUT2D eigenvalue weighted by atomic mass is 9.92. The van der Waals surface area contributed by atoms with E-state index in [0.29, 0.717) is 18.0 Å². The summed E-state index contributed by atoms with van der Waals surface area (Å²) in [5.74, 6) is 1.43. The van der Waals surface area contributed by atoms with Crippen LogP contribution in [0.25, 0.3) is 0 Å². The average Bonchev–Trinajstić information content (AvgIpc) is 2.90. The van der Waals surface area contributed by atoms with Crippen molar-refractivity contribution in [1.29, 1.82) is 0 Å². The van der Waals surface area contributed by atoms with E-state index in [9.17, 15) is 0 Å². The molecule has 2 rings (SSSR count). The molecular weight excluding hydrogens is 254 g/mol. The van der Waals surface area contributed by atoms with Gasteiger partial charge in [0.15, 0.2) is 0 Å². The first-order valence-electron chi connectivity index (χ1n) is 7.47. The molecule has 1 aliphatic rings. The summed E-state index contributed by atoms with van der Waals surface area (Å²) in [7, 11) is 0. The molecule has 0 spiro atoms. The van der Waals surface area contributed by atoms with Crippen molar-refractivity contribution in [2.45, 2.75) is 52.7 Å². The molecule has 0 bridgehead atoms. The van der Waals surface area contributed by atoms with E-state index in [-0.39, 0.29) is 0 Å². The molecule has 3 nitrogen and oxygen atoms in total. The molecule has 1 aromatic heterocycles. The Morgan fingerprint density at radius 3 is 2.84 bits per heavy atom. The van der Waals surface area contributed by atoms with E-state index >= 15 is 0 Å². The van der Waals surface area contributed by atoms with Crippen molar-refractivity contribution in [3.8, 4) is 0 Å². The molecular formula is C15H27N3S. The first kappa shape index (κ1) is 14.9. The van der Waals surface area contributed by atoms with Crippen LogP contribution in [0.15, 0.2) is 11.6 Å². The van der Waals surface area contributed by atoms with Gasteiger partial charge in [-0.25, -0.2) is 4.98 Å². The van der Waals surface area contributed by atoms with Crippen molar-refractivity contribution >= 4 is 11.3 Å². The summed E-state index contributed by atoms with van der Waals surface area (Å²) in [6, 6.07) is 1.25. The van der Waals surface area contributed by atoms with E-state index in [1.807, 2.05) is 6.20 Å². The van der Waals surface area contributed by atoms with E-state index in [0.717, 1.165) is 25.6 Å². The minimum absolute atomic E-state index is 0.611. The second-order valence-corrected chi connectivity index (χ2v) is 7.05. The molecule has 1 aliphatic heterocycles. The Balaban J connectivity index is 2.06. The molecule has 0 radical (unpaired) electrons. The molecule has 1 saturated heterocycles. The minimum Gasteiger partial charge on any atom is -0.311 e. The lowest BCUT2D eigenvalue weighted by molar-refractivity contribution is 0.0722. The first-order chi connectivity index (χ1) is 9.11. The Morgan fingerprint density at radius 1 is 1.47 bits per heavy atom. The Bertz CT molecular complexity index is 363. The van der Waals surface area contributed by atoms with Crippen molar-refractivity contribution in [3.63, 3.8) is 0 Å². The van der Waals surface area contributed by atoms with E-state index in [1.54, 1.807) is 11.3 Å². The molecule has 4 heteroatoms. The van der Waals surface area contributed by atoms with Crippen LogP contribution in [-0.4, -0.2) is 35.1 Å². The molecule has 1 aromatic rings. The number of hydrogen-bond donors (Lipinski definition) is 1. The van der Waals surface area contributed by atoms with Crippen molar-refractivity contribution in [1.82, 2.24) is 15.2 Å². The maximum absolute atomic E-state index is 4.46. The molecule has 1 N–H and O–H groups in total. The highest BCUT2D eigenvalue weighted by atomic mass is 32.1. The lowest BCUT2D eigenvalue weighted by Crippen LogP contribution is -2.59. The summed E-state index contributed by atoms with van der Waals surface area (Å²) in [6.07, 6.45) is 3.16. The topological polar surface area (TPSA) is 28.2 Å². The van der Waals surface area contributed by atoms with Crippen molar-refractivity contribution < 1.29 is 0 Å². The fourth-order valence-corrected chi connectivity index (χ4v) is 3.46. The predicted octanol–water partition coefficient (Wildman–Crippen LogP) is 2.99. The second-order valence-electron chi connectivity index (χ2n) is 6.07. The summed E-state index contributed by atoms with van der Waals surface area (Å²) in [6.45, 7) is 12.6. The van der Waals surface area contributed by atoms with Gasteiger partial charge in [-0.3, -0.25) is 4.90 Å². The minimum atomic E-state index is 0.611. The second kappa shape index (κ2) is 6.82.